The van der Waals surface area contributed by atoms with E-state index in [1.54, 1.807) is 26.1 Å². The average Bonchev–Trinajstić information content (AvgIpc) is 3.17. The van der Waals surface area contributed by atoms with Crippen LogP contribution in [0.2, 0.25) is 0 Å². The van der Waals surface area contributed by atoms with Crippen molar-refractivity contribution in [1.29, 1.82) is 0 Å². The zero-order chi connectivity index (χ0) is 20.9. The highest BCUT2D eigenvalue weighted by molar-refractivity contribution is 8.05. The summed E-state index contributed by atoms with van der Waals surface area (Å²) in [4.78, 5) is 31.3. The molecule has 0 saturated heterocycles. The third-order valence-electron chi connectivity index (χ3n) is 3.34. The topological polar surface area (TPSA) is 118 Å². The molecule has 2 N–H and O–H groups in total. The number of allylic oxidation sites excluding steroid dienone is 3. The maximum atomic E-state index is 12.1. The van der Waals surface area contributed by atoms with Gasteiger partial charge in [-0.15, -0.1) is 0 Å². The molecule has 0 bridgehead atoms. The van der Waals surface area contributed by atoms with Gasteiger partial charge in [-0.1, -0.05) is 42.9 Å². The Bertz CT molecular complexity index is 779. The molecule has 152 valence electrons. The van der Waals surface area contributed by atoms with Crippen LogP contribution in [0.15, 0.2) is 43.8 Å². The van der Waals surface area contributed by atoms with Crippen molar-refractivity contribution in [2.75, 3.05) is 7.05 Å². The number of thioether (sulfide) groups is 1. The maximum Gasteiger partial charge on any atom is 0.227 e. The van der Waals surface area contributed by atoms with Gasteiger partial charge in [0, 0.05) is 25.5 Å². The molecule has 2 heterocycles. The minimum Gasteiger partial charge on any atom is -0.389 e. The molecule has 2 rings (SSSR count). The highest BCUT2D eigenvalue weighted by Gasteiger charge is 2.15. The highest BCUT2D eigenvalue weighted by atomic mass is 32.2. The summed E-state index contributed by atoms with van der Waals surface area (Å²) >= 11 is 1.31. The van der Waals surface area contributed by atoms with Gasteiger partial charge in [-0.2, -0.15) is 4.98 Å². The summed E-state index contributed by atoms with van der Waals surface area (Å²) in [6.07, 6.45) is 6.08. The van der Waals surface area contributed by atoms with Crippen LogP contribution in [0.25, 0.3) is 0 Å². The molecule has 0 aliphatic carbocycles. The molecule has 1 aliphatic heterocycles. The number of amides is 1. The lowest BCUT2D eigenvalue weighted by Crippen LogP contribution is -2.23. The summed E-state index contributed by atoms with van der Waals surface area (Å²) in [6, 6.07) is 0. The lowest BCUT2D eigenvalue weighted by Gasteiger charge is -2.12. The quantitative estimate of drug-likeness (QED) is 0.503. The smallest absolute Gasteiger partial charge is 0.227 e. The van der Waals surface area contributed by atoms with Gasteiger partial charge in [0.15, 0.2) is 0 Å². The Hall–Kier alpha value is -2.52. The molecule has 0 radical (unpaired) electrons. The summed E-state index contributed by atoms with van der Waals surface area (Å²) in [6.45, 7) is 5.62. The largest absolute Gasteiger partial charge is 0.389 e. The normalized spacial score (nSPS) is 15.2. The number of hydrogen-bond acceptors (Lipinski definition) is 8. The van der Waals surface area contributed by atoms with Crippen molar-refractivity contribution in [2.45, 2.75) is 46.1 Å². The van der Waals surface area contributed by atoms with E-state index in [9.17, 15) is 14.7 Å². The van der Waals surface area contributed by atoms with E-state index in [0.29, 0.717) is 34.4 Å². The fourth-order valence-corrected chi connectivity index (χ4v) is 2.80. The van der Waals surface area contributed by atoms with E-state index in [0.717, 1.165) is 6.29 Å². The molecule has 1 amide bonds. The van der Waals surface area contributed by atoms with Crippen LogP contribution < -0.4 is 5.32 Å². The van der Waals surface area contributed by atoms with Crippen LogP contribution >= 0.6 is 11.8 Å². The second-order valence-corrected chi connectivity index (χ2v) is 6.35. The van der Waals surface area contributed by atoms with Crippen molar-refractivity contribution in [1.82, 2.24) is 15.5 Å². The highest BCUT2D eigenvalue weighted by Crippen LogP contribution is 2.25. The van der Waals surface area contributed by atoms with Crippen molar-refractivity contribution in [2.24, 2.45) is 4.99 Å². The number of carbonyl (C=O) groups is 2. The monoisotopic (exact) mass is 406 g/mol. The molecule has 1 aromatic rings. The molecular formula is C19H26N4O4S. The third kappa shape index (κ3) is 7.61. The summed E-state index contributed by atoms with van der Waals surface area (Å²) in [5, 5.41) is 18.2. The molecule has 0 saturated carbocycles. The molecule has 1 aromatic heterocycles. The van der Waals surface area contributed by atoms with Crippen LogP contribution in [0.4, 0.5) is 0 Å². The van der Waals surface area contributed by atoms with E-state index in [1.807, 2.05) is 25.3 Å². The summed E-state index contributed by atoms with van der Waals surface area (Å²) in [7, 11) is 1.58. The first-order valence-electron chi connectivity index (χ1n) is 8.99. The van der Waals surface area contributed by atoms with E-state index in [-0.39, 0.29) is 18.7 Å². The second kappa shape index (κ2) is 12.8. The number of carbonyl (C=O) groups excluding carboxylic acids is 2. The van der Waals surface area contributed by atoms with Gasteiger partial charge in [0.25, 0.3) is 0 Å². The van der Waals surface area contributed by atoms with Gasteiger partial charge in [0.05, 0.1) is 11.1 Å². The number of nitrogens with one attached hydrogen (secondary N) is 1. The van der Waals surface area contributed by atoms with Crippen LogP contribution in [0, 0.1) is 0 Å². The van der Waals surface area contributed by atoms with Crippen molar-refractivity contribution in [3.8, 4) is 0 Å². The van der Waals surface area contributed by atoms with Crippen LogP contribution in [0.5, 0.6) is 0 Å². The zero-order valence-corrected chi connectivity index (χ0v) is 17.3. The number of rotatable bonds is 8. The van der Waals surface area contributed by atoms with E-state index in [1.165, 1.54) is 11.8 Å². The molecule has 9 heteroatoms. The average molecular weight is 407 g/mol. The SMILES string of the molecule is CC.CN=C(/C=C\C(C)O)c1noc(CCC(=O)NC2=C(C=O)CC=CS2)n1. The number of aromatic nitrogens is 2. The Morgan fingerprint density at radius 1 is 1.50 bits per heavy atom. The lowest BCUT2D eigenvalue weighted by molar-refractivity contribution is -0.120. The number of aryl methyl sites for hydroxylation is 1. The van der Waals surface area contributed by atoms with Crippen LogP contribution in [0.3, 0.4) is 0 Å². The number of aliphatic imine (C=N–C) groups is 1. The lowest BCUT2D eigenvalue weighted by atomic mass is 10.2. The summed E-state index contributed by atoms with van der Waals surface area (Å²) < 4.78 is 5.13. The molecule has 0 spiro atoms. The summed E-state index contributed by atoms with van der Waals surface area (Å²) in [5.41, 5.74) is 1.02. The second-order valence-electron chi connectivity index (χ2n) is 5.43. The van der Waals surface area contributed by atoms with Crippen molar-refractivity contribution in [3.05, 3.63) is 46.0 Å². The number of hydrogen-bond donors (Lipinski definition) is 2. The van der Waals surface area contributed by atoms with Gasteiger partial charge in [0.2, 0.25) is 17.6 Å². The Labute approximate surface area is 168 Å². The fourth-order valence-electron chi connectivity index (χ4n) is 2.02. The van der Waals surface area contributed by atoms with Gasteiger partial charge in [-0.25, -0.2) is 0 Å². The van der Waals surface area contributed by atoms with Crippen LogP contribution in [0.1, 0.15) is 45.3 Å². The molecular weight excluding hydrogens is 380 g/mol. The predicted octanol–water partition coefficient (Wildman–Crippen LogP) is 2.56. The number of aliphatic hydroxyl groups is 1. The number of aldehydes is 1. The van der Waals surface area contributed by atoms with E-state index < -0.39 is 6.10 Å². The fraction of sp³-hybridized carbons (Fsp3) is 0.421. The van der Waals surface area contributed by atoms with E-state index in [2.05, 4.69) is 20.4 Å². The van der Waals surface area contributed by atoms with Gasteiger partial charge in [0.1, 0.15) is 12.0 Å². The number of nitrogens with zero attached hydrogens (tertiary/aromatic N) is 3. The third-order valence-corrected chi connectivity index (χ3v) is 4.27. The van der Waals surface area contributed by atoms with Gasteiger partial charge >= 0.3 is 0 Å². The Morgan fingerprint density at radius 3 is 2.89 bits per heavy atom. The molecule has 0 fully saturated rings. The van der Waals surface area contributed by atoms with Crippen molar-refractivity contribution >= 4 is 29.7 Å². The van der Waals surface area contributed by atoms with E-state index in [4.69, 9.17) is 4.52 Å². The standard InChI is InChI=1S/C17H20N4O4S.C2H6/c1-11(23)5-6-13(18-2)16-20-15(25-21-16)8-7-14(24)19-17-12(10-22)4-3-9-26-17;1-2/h3,5-6,9-11,23H,4,7-8H2,1-2H3,(H,19,24);1-2H3/b6-5-,18-13?;. The minimum atomic E-state index is -0.611. The van der Waals surface area contributed by atoms with Crippen molar-refractivity contribution < 1.29 is 19.2 Å². The zero-order valence-electron chi connectivity index (χ0n) is 16.5. The molecule has 28 heavy (non-hydrogen) atoms. The van der Waals surface area contributed by atoms with Gasteiger partial charge in [-0.3, -0.25) is 14.6 Å². The van der Waals surface area contributed by atoms with E-state index >= 15 is 0 Å². The molecule has 1 unspecified atom stereocenters. The molecule has 1 aliphatic rings. The van der Waals surface area contributed by atoms with Crippen molar-refractivity contribution in [3.63, 3.8) is 0 Å². The van der Waals surface area contributed by atoms with Gasteiger partial charge in [-0.05, 0) is 24.8 Å². The number of aliphatic hydroxyl groups excluding tert-OH is 1. The maximum absolute atomic E-state index is 12.1. The first-order valence-corrected chi connectivity index (χ1v) is 9.87. The first-order chi connectivity index (χ1) is 13.5. The molecule has 8 nitrogen and oxygen atoms in total. The van der Waals surface area contributed by atoms with Gasteiger partial charge < -0.3 is 14.9 Å². The first kappa shape index (κ1) is 23.5. The Kier molecular flexibility index (Phi) is 10.7. The van der Waals surface area contributed by atoms with Crippen LogP contribution in [-0.4, -0.2) is 46.3 Å². The predicted molar refractivity (Wildman–Crippen MR) is 110 cm³/mol. The van der Waals surface area contributed by atoms with Crippen LogP contribution in [-0.2, 0) is 16.0 Å². The molecule has 0 aromatic carbocycles. The Balaban J connectivity index is 0.00000190. The Morgan fingerprint density at radius 2 is 2.25 bits per heavy atom. The summed E-state index contributed by atoms with van der Waals surface area (Å²) in [5.74, 6) is 0.363. The molecule has 1 atom stereocenters. The minimum absolute atomic E-state index is 0.143.